The number of aromatic nitrogens is 3. The lowest BCUT2D eigenvalue weighted by atomic mass is 10.1. The van der Waals surface area contributed by atoms with Gasteiger partial charge in [-0.25, -0.2) is 8.42 Å². The van der Waals surface area contributed by atoms with Crippen molar-refractivity contribution in [3.63, 3.8) is 0 Å². The average Bonchev–Trinajstić information content (AvgIpc) is 2.96. The normalized spacial score (nSPS) is 22.4. The number of thiophene rings is 1. The van der Waals surface area contributed by atoms with Crippen molar-refractivity contribution in [2.75, 3.05) is 11.5 Å². The lowest BCUT2D eigenvalue weighted by molar-refractivity contribution is 0.400. The SMILES string of the molecule is O=S1(=O)CCCC(Cn2cc(-c3cccs3)nn2)C1. The zero-order valence-corrected chi connectivity index (χ0v) is 12.0. The first kappa shape index (κ1) is 12.8. The lowest BCUT2D eigenvalue weighted by Gasteiger charge is -2.21. The Hall–Kier alpha value is -1.21. The van der Waals surface area contributed by atoms with Gasteiger partial charge in [0.15, 0.2) is 9.84 Å². The fourth-order valence-corrected chi connectivity index (χ4v) is 4.89. The molecule has 1 fully saturated rings. The van der Waals surface area contributed by atoms with Crippen molar-refractivity contribution in [2.45, 2.75) is 19.4 Å². The Morgan fingerprint density at radius 2 is 2.37 bits per heavy atom. The Balaban J connectivity index is 1.71. The molecular weight excluding hydrogens is 282 g/mol. The van der Waals surface area contributed by atoms with Crippen LogP contribution in [-0.4, -0.2) is 34.9 Å². The first-order chi connectivity index (χ1) is 9.12. The van der Waals surface area contributed by atoms with Crippen LogP contribution in [0, 0.1) is 5.92 Å². The van der Waals surface area contributed by atoms with Gasteiger partial charge in [0.25, 0.3) is 0 Å². The van der Waals surface area contributed by atoms with E-state index in [0.29, 0.717) is 12.3 Å². The number of sulfone groups is 1. The van der Waals surface area contributed by atoms with Gasteiger partial charge in [-0.15, -0.1) is 16.4 Å². The largest absolute Gasteiger partial charge is 0.252 e. The van der Waals surface area contributed by atoms with Gasteiger partial charge >= 0.3 is 0 Å². The maximum absolute atomic E-state index is 11.6. The molecule has 1 aliphatic heterocycles. The third-order valence-corrected chi connectivity index (χ3v) is 6.10. The molecule has 3 heterocycles. The lowest BCUT2D eigenvalue weighted by Crippen LogP contribution is -2.28. The zero-order chi connectivity index (χ0) is 13.3. The molecule has 7 heteroatoms. The second-order valence-corrected chi connectivity index (χ2v) is 8.10. The van der Waals surface area contributed by atoms with Crippen molar-refractivity contribution >= 4 is 21.2 Å². The van der Waals surface area contributed by atoms with Crippen LogP contribution in [0.15, 0.2) is 23.7 Å². The maximum atomic E-state index is 11.6. The Morgan fingerprint density at radius 3 is 3.11 bits per heavy atom. The molecule has 2 aromatic heterocycles. The van der Waals surface area contributed by atoms with Crippen LogP contribution in [-0.2, 0) is 16.4 Å². The predicted molar refractivity (Wildman–Crippen MR) is 74.7 cm³/mol. The Bertz CT molecular complexity index is 646. The van der Waals surface area contributed by atoms with Gasteiger partial charge in [0.1, 0.15) is 5.69 Å². The first-order valence-electron chi connectivity index (χ1n) is 6.27. The standard InChI is InChI=1S/C12H15N3O2S2/c16-19(17)6-2-3-10(9-19)7-15-8-11(13-14-15)12-4-1-5-18-12/h1,4-5,8,10H,2-3,6-7,9H2. The number of hydrogen-bond acceptors (Lipinski definition) is 5. The fraction of sp³-hybridized carbons (Fsp3) is 0.500. The predicted octanol–water partition coefficient (Wildman–Crippen LogP) is 1.83. The summed E-state index contributed by atoms with van der Waals surface area (Å²) in [5.41, 5.74) is 0.855. The Labute approximate surface area is 116 Å². The van der Waals surface area contributed by atoms with E-state index in [0.717, 1.165) is 23.4 Å². The summed E-state index contributed by atoms with van der Waals surface area (Å²) in [4.78, 5) is 1.09. The number of hydrogen-bond donors (Lipinski definition) is 0. The zero-order valence-electron chi connectivity index (χ0n) is 10.4. The topological polar surface area (TPSA) is 64.8 Å². The van der Waals surface area contributed by atoms with Crippen LogP contribution < -0.4 is 0 Å². The summed E-state index contributed by atoms with van der Waals surface area (Å²) in [5.74, 6) is 0.777. The van der Waals surface area contributed by atoms with Gasteiger partial charge in [0, 0.05) is 6.54 Å². The van der Waals surface area contributed by atoms with E-state index in [1.807, 2.05) is 23.7 Å². The van der Waals surface area contributed by atoms with Gasteiger partial charge in [-0.3, -0.25) is 4.68 Å². The number of rotatable bonds is 3. The van der Waals surface area contributed by atoms with Gasteiger partial charge < -0.3 is 0 Å². The first-order valence-corrected chi connectivity index (χ1v) is 8.97. The second-order valence-electron chi connectivity index (χ2n) is 4.93. The highest BCUT2D eigenvalue weighted by Gasteiger charge is 2.25. The third-order valence-electron chi connectivity index (χ3n) is 3.31. The minimum absolute atomic E-state index is 0.164. The van der Waals surface area contributed by atoms with Crippen LogP contribution in [0.4, 0.5) is 0 Å². The van der Waals surface area contributed by atoms with E-state index in [2.05, 4.69) is 10.3 Å². The Kier molecular flexibility index (Phi) is 3.40. The molecule has 0 amide bonds. The molecule has 1 aliphatic rings. The highest BCUT2D eigenvalue weighted by molar-refractivity contribution is 7.91. The average molecular weight is 297 g/mol. The van der Waals surface area contributed by atoms with E-state index in [1.165, 1.54) is 0 Å². The van der Waals surface area contributed by atoms with Crippen molar-refractivity contribution in [3.8, 4) is 10.6 Å². The van der Waals surface area contributed by atoms with Crippen LogP contribution in [0.2, 0.25) is 0 Å². The van der Waals surface area contributed by atoms with Crippen molar-refractivity contribution < 1.29 is 8.42 Å². The molecule has 3 rings (SSSR count). The molecule has 0 saturated carbocycles. The van der Waals surface area contributed by atoms with E-state index < -0.39 is 9.84 Å². The van der Waals surface area contributed by atoms with E-state index in [1.54, 1.807) is 16.0 Å². The third kappa shape index (κ3) is 3.03. The van der Waals surface area contributed by atoms with Crippen LogP contribution in [0.5, 0.6) is 0 Å². The van der Waals surface area contributed by atoms with Crippen LogP contribution in [0.1, 0.15) is 12.8 Å². The maximum Gasteiger partial charge on any atom is 0.150 e. The summed E-state index contributed by atoms with van der Waals surface area (Å²) in [7, 11) is -2.85. The smallest absolute Gasteiger partial charge is 0.150 e. The van der Waals surface area contributed by atoms with Crippen LogP contribution in [0.25, 0.3) is 10.6 Å². The fourth-order valence-electron chi connectivity index (χ4n) is 2.45. The van der Waals surface area contributed by atoms with Gasteiger partial charge in [-0.1, -0.05) is 11.3 Å². The molecule has 1 atom stereocenters. The summed E-state index contributed by atoms with van der Waals surface area (Å²) >= 11 is 1.62. The molecule has 0 bridgehead atoms. The van der Waals surface area contributed by atoms with Crippen molar-refractivity contribution in [2.24, 2.45) is 5.92 Å². The summed E-state index contributed by atoms with van der Waals surface area (Å²) in [6.45, 7) is 0.637. The van der Waals surface area contributed by atoms with Crippen molar-refractivity contribution in [1.29, 1.82) is 0 Å². The summed E-state index contributed by atoms with van der Waals surface area (Å²) < 4.78 is 25.0. The molecule has 2 aromatic rings. The molecule has 1 unspecified atom stereocenters. The molecule has 0 aromatic carbocycles. The molecule has 0 radical (unpaired) electrons. The summed E-state index contributed by atoms with van der Waals surface area (Å²) in [6, 6.07) is 3.98. The molecule has 0 N–H and O–H groups in total. The van der Waals surface area contributed by atoms with E-state index >= 15 is 0 Å². The molecule has 5 nitrogen and oxygen atoms in total. The monoisotopic (exact) mass is 297 g/mol. The molecular formula is C12H15N3O2S2. The quantitative estimate of drug-likeness (QED) is 0.867. The van der Waals surface area contributed by atoms with E-state index in [4.69, 9.17) is 0 Å². The summed E-state index contributed by atoms with van der Waals surface area (Å²) in [6.07, 6.45) is 3.61. The highest BCUT2D eigenvalue weighted by atomic mass is 32.2. The van der Waals surface area contributed by atoms with Crippen molar-refractivity contribution in [3.05, 3.63) is 23.7 Å². The molecule has 0 aliphatic carbocycles. The van der Waals surface area contributed by atoms with E-state index in [9.17, 15) is 8.42 Å². The van der Waals surface area contributed by atoms with Gasteiger partial charge in [-0.2, -0.15) is 0 Å². The second kappa shape index (κ2) is 5.05. The van der Waals surface area contributed by atoms with E-state index in [-0.39, 0.29) is 11.7 Å². The van der Waals surface area contributed by atoms with Gasteiger partial charge in [0.2, 0.25) is 0 Å². The Morgan fingerprint density at radius 1 is 1.47 bits per heavy atom. The van der Waals surface area contributed by atoms with Crippen LogP contribution in [0.3, 0.4) is 0 Å². The van der Waals surface area contributed by atoms with Crippen molar-refractivity contribution in [1.82, 2.24) is 15.0 Å². The summed E-state index contributed by atoms with van der Waals surface area (Å²) in [5, 5.41) is 10.2. The van der Waals surface area contributed by atoms with Gasteiger partial charge in [0.05, 0.1) is 22.6 Å². The minimum atomic E-state index is -2.85. The van der Waals surface area contributed by atoms with Crippen LogP contribution >= 0.6 is 11.3 Å². The molecule has 19 heavy (non-hydrogen) atoms. The van der Waals surface area contributed by atoms with Gasteiger partial charge in [-0.05, 0) is 30.2 Å². The molecule has 1 saturated heterocycles. The highest BCUT2D eigenvalue weighted by Crippen LogP contribution is 2.23. The molecule has 102 valence electrons. The number of nitrogens with zero attached hydrogens (tertiary/aromatic N) is 3. The minimum Gasteiger partial charge on any atom is -0.252 e. The molecule has 0 spiro atoms.